The van der Waals surface area contributed by atoms with Crippen molar-refractivity contribution in [3.63, 3.8) is 0 Å². The first-order valence-corrected chi connectivity index (χ1v) is 5.25. The van der Waals surface area contributed by atoms with E-state index in [0.717, 1.165) is 5.56 Å². The minimum absolute atomic E-state index is 0.438. The third-order valence-corrected chi connectivity index (χ3v) is 2.21. The fourth-order valence-electron chi connectivity index (χ4n) is 1.24. The van der Waals surface area contributed by atoms with Crippen LogP contribution in [0.2, 0.25) is 0 Å². The van der Waals surface area contributed by atoms with Gasteiger partial charge in [0.2, 0.25) is 0 Å². The second-order valence-electron chi connectivity index (χ2n) is 3.71. The van der Waals surface area contributed by atoms with Crippen LogP contribution >= 0.6 is 0 Å². The summed E-state index contributed by atoms with van der Waals surface area (Å²) in [5.74, 6) is -0.482. The Morgan fingerprint density at radius 2 is 1.82 bits per heavy atom. The fraction of sp³-hybridized carbons (Fsp3) is 0.333. The van der Waals surface area contributed by atoms with E-state index in [2.05, 4.69) is 15.4 Å². The highest BCUT2D eigenvalue weighted by Gasteiger charge is 2.15. The van der Waals surface area contributed by atoms with Gasteiger partial charge < -0.3 is 15.4 Å². The Kier molecular flexibility index (Phi) is 4.51. The van der Waals surface area contributed by atoms with Gasteiger partial charge in [-0.15, -0.1) is 0 Å². The molecule has 2 amide bonds. The predicted molar refractivity (Wildman–Crippen MR) is 64.8 cm³/mol. The van der Waals surface area contributed by atoms with Crippen molar-refractivity contribution in [2.45, 2.75) is 19.9 Å². The lowest BCUT2D eigenvalue weighted by atomic mass is 10.2. The van der Waals surface area contributed by atoms with Gasteiger partial charge in [0.15, 0.2) is 0 Å². The molecule has 0 radical (unpaired) electrons. The van der Waals surface area contributed by atoms with Crippen LogP contribution in [0.15, 0.2) is 24.3 Å². The van der Waals surface area contributed by atoms with Crippen LogP contribution in [0.5, 0.6) is 0 Å². The Morgan fingerprint density at radius 1 is 1.24 bits per heavy atom. The molecule has 1 atom stereocenters. The molecule has 0 spiro atoms. The Labute approximate surface area is 100 Å². The second-order valence-corrected chi connectivity index (χ2v) is 3.71. The quantitative estimate of drug-likeness (QED) is 0.784. The standard InChI is InChI=1S/C12H16N2O3/c1-8-4-6-10(7-5-8)14-12(16)13-9(2)11(15)17-3/h4-7,9H,1-3H3,(H2,13,14,16)/t9-/m1/s1. The maximum Gasteiger partial charge on any atom is 0.328 e. The number of hydrogen-bond donors (Lipinski definition) is 2. The Bertz CT molecular complexity index is 401. The number of esters is 1. The van der Waals surface area contributed by atoms with Crippen LogP contribution in [-0.4, -0.2) is 25.2 Å². The van der Waals surface area contributed by atoms with Crippen molar-refractivity contribution in [2.24, 2.45) is 0 Å². The van der Waals surface area contributed by atoms with Gasteiger partial charge in [0, 0.05) is 5.69 Å². The molecule has 1 aromatic rings. The maximum absolute atomic E-state index is 11.5. The molecule has 2 N–H and O–H groups in total. The molecule has 0 heterocycles. The summed E-state index contributed by atoms with van der Waals surface area (Å²) in [5, 5.41) is 5.09. The third-order valence-electron chi connectivity index (χ3n) is 2.21. The Morgan fingerprint density at radius 3 is 2.35 bits per heavy atom. The molecule has 0 aliphatic rings. The summed E-state index contributed by atoms with van der Waals surface area (Å²) in [4.78, 5) is 22.6. The van der Waals surface area contributed by atoms with E-state index in [1.165, 1.54) is 7.11 Å². The van der Waals surface area contributed by atoms with E-state index in [9.17, 15) is 9.59 Å². The number of carbonyl (C=O) groups is 2. The molecule has 17 heavy (non-hydrogen) atoms. The molecule has 0 unspecified atom stereocenters. The summed E-state index contributed by atoms with van der Waals surface area (Å²) in [5.41, 5.74) is 1.78. The molecule has 0 aromatic heterocycles. The largest absolute Gasteiger partial charge is 0.467 e. The van der Waals surface area contributed by atoms with Crippen LogP contribution < -0.4 is 10.6 Å². The predicted octanol–water partition coefficient (Wildman–Crippen LogP) is 1.68. The summed E-state index contributed by atoms with van der Waals surface area (Å²) >= 11 is 0. The molecule has 92 valence electrons. The van der Waals surface area contributed by atoms with Crippen molar-refractivity contribution < 1.29 is 14.3 Å². The number of methoxy groups -OCH3 is 1. The van der Waals surface area contributed by atoms with Gasteiger partial charge in [-0.2, -0.15) is 0 Å². The van der Waals surface area contributed by atoms with Crippen LogP contribution in [0.25, 0.3) is 0 Å². The van der Waals surface area contributed by atoms with Gasteiger partial charge >= 0.3 is 12.0 Å². The number of ether oxygens (including phenoxy) is 1. The van der Waals surface area contributed by atoms with E-state index in [-0.39, 0.29) is 0 Å². The highest BCUT2D eigenvalue weighted by atomic mass is 16.5. The topological polar surface area (TPSA) is 67.4 Å². The van der Waals surface area contributed by atoms with Gasteiger partial charge in [-0.05, 0) is 26.0 Å². The molecular formula is C12H16N2O3. The van der Waals surface area contributed by atoms with E-state index in [4.69, 9.17) is 0 Å². The number of hydrogen-bond acceptors (Lipinski definition) is 3. The normalized spacial score (nSPS) is 11.5. The Hall–Kier alpha value is -2.04. The molecule has 0 saturated heterocycles. The number of anilines is 1. The summed E-state index contributed by atoms with van der Waals surface area (Å²) in [6.07, 6.45) is 0. The maximum atomic E-state index is 11.5. The van der Waals surface area contributed by atoms with Gasteiger partial charge in [0.25, 0.3) is 0 Å². The first kappa shape index (κ1) is 13.0. The molecule has 1 aromatic carbocycles. The summed E-state index contributed by atoms with van der Waals surface area (Å²) in [6.45, 7) is 3.52. The molecule has 0 bridgehead atoms. The minimum Gasteiger partial charge on any atom is -0.467 e. The lowest BCUT2D eigenvalue weighted by molar-refractivity contribution is -0.142. The van der Waals surface area contributed by atoms with Gasteiger partial charge in [0.05, 0.1) is 7.11 Å². The second kappa shape index (κ2) is 5.89. The van der Waals surface area contributed by atoms with E-state index in [0.29, 0.717) is 5.69 Å². The zero-order chi connectivity index (χ0) is 12.8. The number of urea groups is 1. The summed E-state index contributed by atoms with van der Waals surface area (Å²) < 4.78 is 4.50. The van der Waals surface area contributed by atoms with Crippen LogP contribution in [0.3, 0.4) is 0 Å². The fourth-order valence-corrected chi connectivity index (χ4v) is 1.24. The zero-order valence-corrected chi connectivity index (χ0v) is 10.1. The number of rotatable bonds is 3. The summed E-state index contributed by atoms with van der Waals surface area (Å²) in [6, 6.07) is 6.24. The van der Waals surface area contributed by atoms with Crippen LogP contribution in [0.1, 0.15) is 12.5 Å². The molecule has 5 nitrogen and oxygen atoms in total. The molecule has 1 rings (SSSR count). The third kappa shape index (κ3) is 4.14. The number of amides is 2. The van der Waals surface area contributed by atoms with Crippen molar-refractivity contribution >= 4 is 17.7 Å². The average molecular weight is 236 g/mol. The number of aryl methyl sites for hydroxylation is 1. The molecule has 0 saturated carbocycles. The highest BCUT2D eigenvalue weighted by molar-refractivity contribution is 5.92. The van der Waals surface area contributed by atoms with Crippen LogP contribution in [0, 0.1) is 6.92 Å². The molecular weight excluding hydrogens is 220 g/mol. The van der Waals surface area contributed by atoms with Gasteiger partial charge in [-0.3, -0.25) is 0 Å². The van der Waals surface area contributed by atoms with Crippen LogP contribution in [-0.2, 0) is 9.53 Å². The van der Waals surface area contributed by atoms with Crippen molar-refractivity contribution in [1.29, 1.82) is 0 Å². The van der Waals surface area contributed by atoms with Crippen molar-refractivity contribution in [3.05, 3.63) is 29.8 Å². The molecule has 0 aliphatic heterocycles. The highest BCUT2D eigenvalue weighted by Crippen LogP contribution is 2.08. The van der Waals surface area contributed by atoms with Crippen molar-refractivity contribution in [1.82, 2.24) is 5.32 Å². The van der Waals surface area contributed by atoms with Crippen LogP contribution in [0.4, 0.5) is 10.5 Å². The lowest BCUT2D eigenvalue weighted by Gasteiger charge is -2.12. The first-order chi connectivity index (χ1) is 8.02. The minimum atomic E-state index is -0.676. The SMILES string of the molecule is COC(=O)[C@@H](C)NC(=O)Nc1ccc(C)cc1. The molecule has 5 heteroatoms. The van der Waals surface area contributed by atoms with E-state index < -0.39 is 18.0 Å². The number of carbonyl (C=O) groups excluding carboxylic acids is 2. The van der Waals surface area contributed by atoms with Gasteiger partial charge in [0.1, 0.15) is 6.04 Å². The first-order valence-electron chi connectivity index (χ1n) is 5.25. The van der Waals surface area contributed by atoms with E-state index in [1.54, 1.807) is 19.1 Å². The monoisotopic (exact) mass is 236 g/mol. The van der Waals surface area contributed by atoms with E-state index >= 15 is 0 Å². The van der Waals surface area contributed by atoms with Gasteiger partial charge in [-0.1, -0.05) is 17.7 Å². The summed E-state index contributed by atoms with van der Waals surface area (Å²) in [7, 11) is 1.28. The zero-order valence-electron chi connectivity index (χ0n) is 10.1. The lowest BCUT2D eigenvalue weighted by Crippen LogP contribution is -2.41. The molecule has 0 fully saturated rings. The van der Waals surface area contributed by atoms with Gasteiger partial charge in [-0.25, -0.2) is 9.59 Å². The van der Waals surface area contributed by atoms with Crippen molar-refractivity contribution in [3.8, 4) is 0 Å². The number of benzene rings is 1. The van der Waals surface area contributed by atoms with E-state index in [1.807, 2.05) is 19.1 Å². The number of nitrogens with one attached hydrogen (secondary N) is 2. The van der Waals surface area contributed by atoms with Crippen molar-refractivity contribution in [2.75, 3.05) is 12.4 Å². The molecule has 0 aliphatic carbocycles. The smallest absolute Gasteiger partial charge is 0.328 e. The average Bonchev–Trinajstić information content (AvgIpc) is 2.30. The Balaban J connectivity index is 2.50.